The highest BCUT2D eigenvalue weighted by Gasteiger charge is 2.26. The van der Waals surface area contributed by atoms with E-state index in [0.29, 0.717) is 5.89 Å². The average molecular weight is 747 g/mol. The van der Waals surface area contributed by atoms with E-state index in [9.17, 15) is 0 Å². The Labute approximate surface area is 334 Å². The molecule has 0 N–H and O–H groups in total. The number of rotatable bonds is 7. The first kappa shape index (κ1) is 33.1. The molecule has 0 fully saturated rings. The lowest BCUT2D eigenvalue weighted by Gasteiger charge is -2.28. The zero-order chi connectivity index (χ0) is 37.7. The maximum Gasteiger partial charge on any atom is 0.227 e. The SMILES string of the molecule is c1ccc(-c2ccc(N(c3ccc(-c4ccccc4)c(-c4ccc5ccccc5c4)c3)c3c4oc(-c5ccccc5)nc4cc4sc5ccccc5c34)cc2)cc1. The molecule has 9 aromatic carbocycles. The largest absolute Gasteiger partial charge is 0.434 e. The molecule has 57 heavy (non-hydrogen) atoms. The quantitative estimate of drug-likeness (QED) is 0.163. The predicted octanol–water partition coefficient (Wildman–Crippen LogP) is 15.5. The van der Waals surface area contributed by atoms with E-state index >= 15 is 0 Å². The molecule has 0 aliphatic carbocycles. The number of aromatic nitrogens is 1. The minimum absolute atomic E-state index is 0.601. The van der Waals surface area contributed by atoms with Crippen molar-refractivity contribution in [3.05, 3.63) is 206 Å². The van der Waals surface area contributed by atoms with Crippen LogP contribution in [0.25, 0.3) is 86.9 Å². The number of hydrogen-bond donors (Lipinski definition) is 0. The van der Waals surface area contributed by atoms with Gasteiger partial charge >= 0.3 is 0 Å². The summed E-state index contributed by atoms with van der Waals surface area (Å²) in [5.41, 5.74) is 12.5. The van der Waals surface area contributed by atoms with E-state index < -0.39 is 0 Å². The average Bonchev–Trinajstić information content (AvgIpc) is 3.89. The highest BCUT2D eigenvalue weighted by atomic mass is 32.1. The number of benzene rings is 9. The summed E-state index contributed by atoms with van der Waals surface area (Å²) in [6.45, 7) is 0. The van der Waals surface area contributed by atoms with Gasteiger partial charge in [0.1, 0.15) is 11.2 Å². The first-order valence-electron chi connectivity index (χ1n) is 19.2. The number of anilines is 3. The fourth-order valence-corrected chi connectivity index (χ4v) is 9.29. The second kappa shape index (κ2) is 13.8. The van der Waals surface area contributed by atoms with E-state index in [1.165, 1.54) is 37.5 Å². The Morgan fingerprint density at radius 1 is 0.421 bits per heavy atom. The summed E-state index contributed by atoms with van der Waals surface area (Å²) in [6.07, 6.45) is 0. The predicted molar refractivity (Wildman–Crippen MR) is 241 cm³/mol. The van der Waals surface area contributed by atoms with Crippen LogP contribution >= 0.6 is 11.3 Å². The Bertz CT molecular complexity index is 3220. The topological polar surface area (TPSA) is 29.3 Å². The van der Waals surface area contributed by atoms with Gasteiger partial charge in [-0.15, -0.1) is 11.3 Å². The lowest BCUT2D eigenvalue weighted by Crippen LogP contribution is -2.11. The highest BCUT2D eigenvalue weighted by Crippen LogP contribution is 2.50. The molecule has 11 aromatic rings. The molecule has 0 bridgehead atoms. The molecular weight excluding hydrogens is 713 g/mol. The number of nitrogens with zero attached hydrogens (tertiary/aromatic N) is 2. The third-order valence-electron chi connectivity index (χ3n) is 10.9. The Morgan fingerprint density at radius 2 is 1.04 bits per heavy atom. The van der Waals surface area contributed by atoms with Gasteiger partial charge in [0.05, 0.1) is 0 Å². The van der Waals surface area contributed by atoms with E-state index in [4.69, 9.17) is 9.40 Å². The highest BCUT2D eigenvalue weighted by molar-refractivity contribution is 7.26. The van der Waals surface area contributed by atoms with Crippen LogP contribution < -0.4 is 4.90 Å². The van der Waals surface area contributed by atoms with Gasteiger partial charge in [-0.1, -0.05) is 152 Å². The minimum atomic E-state index is 0.601. The van der Waals surface area contributed by atoms with Crippen molar-refractivity contribution < 1.29 is 4.42 Å². The lowest BCUT2D eigenvalue weighted by atomic mass is 9.92. The summed E-state index contributed by atoms with van der Waals surface area (Å²) < 4.78 is 9.32. The van der Waals surface area contributed by atoms with Crippen molar-refractivity contribution in [3.63, 3.8) is 0 Å². The molecule has 0 radical (unpaired) electrons. The normalized spacial score (nSPS) is 11.5. The van der Waals surface area contributed by atoms with E-state index in [0.717, 1.165) is 60.5 Å². The molecule has 0 atom stereocenters. The fourth-order valence-electron chi connectivity index (χ4n) is 8.14. The molecule has 11 rings (SSSR count). The summed E-state index contributed by atoms with van der Waals surface area (Å²) in [5, 5.41) is 4.76. The van der Waals surface area contributed by atoms with Gasteiger partial charge in [0.15, 0.2) is 5.58 Å². The van der Waals surface area contributed by atoms with E-state index in [2.05, 4.69) is 193 Å². The van der Waals surface area contributed by atoms with Gasteiger partial charge < -0.3 is 9.32 Å². The van der Waals surface area contributed by atoms with Crippen LogP contribution in [0.1, 0.15) is 0 Å². The Balaban J connectivity index is 1.22. The van der Waals surface area contributed by atoms with Crippen LogP contribution in [-0.2, 0) is 0 Å². The van der Waals surface area contributed by atoms with Gasteiger partial charge in [0.25, 0.3) is 0 Å². The molecule has 0 aliphatic rings. The standard InChI is InChI=1S/C53H34N2OS/c1-4-14-35(15-5-1)37-26-28-42(29-27-37)55(43-30-31-44(38-17-6-2-7-18-38)46(33-43)41-25-24-36-16-10-11-21-40(36)32-41)51-50-45-22-12-13-23-48(45)57-49(50)34-47-52(51)56-53(54-47)39-19-8-3-9-20-39/h1-34H. The van der Waals surface area contributed by atoms with E-state index in [1.54, 1.807) is 11.3 Å². The maximum atomic E-state index is 6.94. The molecule has 0 spiro atoms. The summed E-state index contributed by atoms with van der Waals surface area (Å²) >= 11 is 1.80. The van der Waals surface area contributed by atoms with Crippen LogP contribution in [-0.4, -0.2) is 4.98 Å². The first-order chi connectivity index (χ1) is 28.2. The van der Waals surface area contributed by atoms with Gasteiger partial charge in [-0.3, -0.25) is 0 Å². The van der Waals surface area contributed by atoms with E-state index in [1.807, 2.05) is 18.2 Å². The second-order valence-corrected chi connectivity index (χ2v) is 15.4. The van der Waals surface area contributed by atoms with Crippen molar-refractivity contribution in [2.75, 3.05) is 4.90 Å². The molecule has 0 amide bonds. The number of thiophene rings is 1. The van der Waals surface area contributed by atoms with Crippen molar-refractivity contribution in [2.45, 2.75) is 0 Å². The summed E-state index contributed by atoms with van der Waals surface area (Å²) in [7, 11) is 0. The van der Waals surface area contributed by atoms with Crippen molar-refractivity contribution in [1.82, 2.24) is 4.98 Å². The third-order valence-corrected chi connectivity index (χ3v) is 12.0. The van der Waals surface area contributed by atoms with Crippen LogP contribution in [0.3, 0.4) is 0 Å². The fraction of sp³-hybridized carbons (Fsp3) is 0. The summed E-state index contributed by atoms with van der Waals surface area (Å²) in [4.78, 5) is 7.54. The minimum Gasteiger partial charge on any atom is -0.434 e. The Morgan fingerprint density at radius 3 is 1.81 bits per heavy atom. The first-order valence-corrected chi connectivity index (χ1v) is 20.0. The summed E-state index contributed by atoms with van der Waals surface area (Å²) in [5.74, 6) is 0.601. The van der Waals surface area contributed by atoms with E-state index in [-0.39, 0.29) is 0 Å². The van der Waals surface area contributed by atoms with Gasteiger partial charge in [-0.05, 0) is 98.8 Å². The lowest BCUT2D eigenvalue weighted by molar-refractivity contribution is 0.620. The van der Waals surface area contributed by atoms with Gasteiger partial charge in [-0.25, -0.2) is 4.98 Å². The van der Waals surface area contributed by atoms with Gasteiger partial charge in [-0.2, -0.15) is 0 Å². The molecule has 4 heteroatoms. The number of fused-ring (bicyclic) bond motifs is 5. The second-order valence-electron chi connectivity index (χ2n) is 14.3. The van der Waals surface area contributed by atoms with Gasteiger partial charge in [0.2, 0.25) is 5.89 Å². The zero-order valence-electron chi connectivity index (χ0n) is 30.8. The van der Waals surface area contributed by atoms with Crippen LogP contribution in [0, 0.1) is 0 Å². The van der Waals surface area contributed by atoms with Crippen molar-refractivity contribution >= 4 is 70.4 Å². The maximum absolute atomic E-state index is 6.94. The molecular formula is C53H34N2OS. The van der Waals surface area contributed by atoms with Crippen LogP contribution in [0.2, 0.25) is 0 Å². The summed E-state index contributed by atoms with van der Waals surface area (Å²) in [6, 6.07) is 73.5. The van der Waals surface area contributed by atoms with Crippen molar-refractivity contribution in [2.24, 2.45) is 0 Å². The Hall–Kier alpha value is -7.27. The van der Waals surface area contributed by atoms with Crippen LogP contribution in [0.5, 0.6) is 0 Å². The number of oxazole rings is 1. The van der Waals surface area contributed by atoms with Crippen LogP contribution in [0.15, 0.2) is 211 Å². The van der Waals surface area contributed by atoms with Crippen molar-refractivity contribution in [3.8, 4) is 44.8 Å². The molecule has 0 aliphatic heterocycles. The third kappa shape index (κ3) is 5.86. The zero-order valence-corrected chi connectivity index (χ0v) is 31.7. The Kier molecular flexibility index (Phi) is 8.01. The molecule has 268 valence electrons. The van der Waals surface area contributed by atoms with Crippen LogP contribution in [0.4, 0.5) is 17.1 Å². The number of hydrogen-bond acceptors (Lipinski definition) is 4. The molecule has 0 saturated carbocycles. The monoisotopic (exact) mass is 746 g/mol. The molecule has 2 aromatic heterocycles. The smallest absolute Gasteiger partial charge is 0.227 e. The van der Waals surface area contributed by atoms with Gasteiger partial charge in [0, 0.05) is 37.1 Å². The molecule has 0 saturated heterocycles. The molecule has 2 heterocycles. The molecule has 0 unspecified atom stereocenters. The molecule has 3 nitrogen and oxygen atoms in total. The van der Waals surface area contributed by atoms with Crippen molar-refractivity contribution in [1.29, 1.82) is 0 Å².